The van der Waals surface area contributed by atoms with E-state index >= 15 is 0 Å². The van der Waals surface area contributed by atoms with Gasteiger partial charge in [-0.05, 0) is 22.6 Å². The first kappa shape index (κ1) is 16.7. The van der Waals surface area contributed by atoms with Crippen molar-refractivity contribution < 1.29 is 4.79 Å². The number of rotatable bonds is 4. The van der Waals surface area contributed by atoms with Gasteiger partial charge in [-0.15, -0.1) is 5.10 Å². The Morgan fingerprint density at radius 2 is 1.86 bits per heavy atom. The second kappa shape index (κ2) is 6.64. The third-order valence-electron chi connectivity index (χ3n) is 2.60. The summed E-state index contributed by atoms with van der Waals surface area (Å²) in [5.41, 5.74) is 0.781. The minimum Gasteiger partial charge on any atom is -0.383 e. The number of ketones is 1. The fourth-order valence-corrected chi connectivity index (χ4v) is 2.03. The molecule has 0 fully saturated rings. The quantitative estimate of drug-likeness (QED) is 0.619. The van der Waals surface area contributed by atoms with Crippen LogP contribution in [-0.2, 0) is 4.79 Å². The van der Waals surface area contributed by atoms with E-state index in [-0.39, 0.29) is 11.4 Å². The molecular formula is C13H12Cl3N5O. The molecule has 0 radical (unpaired) electrons. The van der Waals surface area contributed by atoms with Crippen LogP contribution < -0.4 is 0 Å². The Morgan fingerprint density at radius 1 is 1.23 bits per heavy atom. The average molecular weight is 361 g/mol. The zero-order valence-corrected chi connectivity index (χ0v) is 14.0. The highest BCUT2D eigenvalue weighted by Gasteiger charge is 2.36. The minimum absolute atomic E-state index is 0.0962. The molecule has 6 nitrogen and oxygen atoms in total. The van der Waals surface area contributed by atoms with Crippen LogP contribution in [0.4, 0.5) is 0 Å². The summed E-state index contributed by atoms with van der Waals surface area (Å²) in [6.07, 6.45) is 1.51. The molecule has 2 aromatic rings. The lowest BCUT2D eigenvalue weighted by molar-refractivity contribution is -0.113. The molecule has 0 aliphatic carbocycles. The largest absolute Gasteiger partial charge is 0.383 e. The Labute approximate surface area is 142 Å². The number of aromatic nitrogens is 4. The lowest BCUT2D eigenvalue weighted by Crippen LogP contribution is -2.23. The van der Waals surface area contributed by atoms with Gasteiger partial charge in [0.2, 0.25) is 5.78 Å². The molecule has 0 unspecified atom stereocenters. The molecule has 0 aliphatic rings. The summed E-state index contributed by atoms with van der Waals surface area (Å²) in [5.74, 6) is -0.519. The van der Waals surface area contributed by atoms with Crippen molar-refractivity contribution in [1.82, 2.24) is 25.1 Å². The van der Waals surface area contributed by atoms with E-state index in [2.05, 4.69) is 15.5 Å². The van der Waals surface area contributed by atoms with Crippen LogP contribution in [0, 0.1) is 0 Å². The number of allylic oxidation sites excluding steroid dienone is 1. The number of Topliss-reactive ketones (excluding diaryl/α,β-unsaturated/α-hetero) is 1. The topological polar surface area (TPSA) is 63.9 Å². The normalized spacial score (nSPS) is 12.3. The van der Waals surface area contributed by atoms with Crippen molar-refractivity contribution in [2.24, 2.45) is 0 Å². The molecule has 0 spiro atoms. The van der Waals surface area contributed by atoms with Gasteiger partial charge in [0.25, 0.3) is 3.79 Å². The molecule has 2 rings (SSSR count). The smallest absolute Gasteiger partial charge is 0.253 e. The maximum absolute atomic E-state index is 12.4. The van der Waals surface area contributed by atoms with Gasteiger partial charge in [-0.1, -0.05) is 53.0 Å². The summed E-state index contributed by atoms with van der Waals surface area (Å²) in [4.78, 5) is 14.0. The highest BCUT2D eigenvalue weighted by Crippen LogP contribution is 2.33. The summed E-state index contributed by atoms with van der Waals surface area (Å²) < 4.78 is -0.695. The van der Waals surface area contributed by atoms with Crippen LogP contribution in [0.1, 0.15) is 5.82 Å². The number of tetrazole rings is 1. The Hall–Kier alpha value is -1.63. The van der Waals surface area contributed by atoms with Gasteiger partial charge in [-0.2, -0.15) is 4.68 Å². The van der Waals surface area contributed by atoms with Crippen molar-refractivity contribution in [2.45, 2.75) is 3.79 Å². The van der Waals surface area contributed by atoms with Crippen LogP contribution in [0.15, 0.2) is 36.5 Å². The number of hydrogen-bond acceptors (Lipinski definition) is 5. The predicted molar refractivity (Wildman–Crippen MR) is 86.1 cm³/mol. The first-order valence-corrected chi connectivity index (χ1v) is 7.28. The van der Waals surface area contributed by atoms with Gasteiger partial charge < -0.3 is 4.90 Å². The summed E-state index contributed by atoms with van der Waals surface area (Å²) in [5, 5.41) is 11.4. The maximum Gasteiger partial charge on any atom is 0.253 e. The molecule has 1 aromatic carbocycles. The third kappa shape index (κ3) is 3.76. The minimum atomic E-state index is -2.10. The van der Waals surface area contributed by atoms with E-state index in [9.17, 15) is 4.79 Å². The van der Waals surface area contributed by atoms with Gasteiger partial charge in [-0.25, -0.2) is 0 Å². The van der Waals surface area contributed by atoms with Gasteiger partial charge >= 0.3 is 0 Å². The standard InChI is InChI=1S/C13H12Cl3N5O/c1-20(2)8-10(11(22)13(14,15)16)12-17-18-19-21(12)9-6-4-3-5-7-9/h3-8H,1-2H3/b10-8+. The second-order valence-electron chi connectivity index (χ2n) is 4.58. The summed E-state index contributed by atoms with van der Waals surface area (Å²) in [6, 6.07) is 9.11. The zero-order chi connectivity index (χ0) is 16.3. The van der Waals surface area contributed by atoms with E-state index in [1.54, 1.807) is 31.1 Å². The molecule has 0 bridgehead atoms. The van der Waals surface area contributed by atoms with E-state index < -0.39 is 9.58 Å². The number of para-hydroxylation sites is 1. The monoisotopic (exact) mass is 359 g/mol. The van der Waals surface area contributed by atoms with Crippen LogP contribution in [0.2, 0.25) is 0 Å². The Bertz CT molecular complexity index is 691. The van der Waals surface area contributed by atoms with Crippen LogP contribution in [0.25, 0.3) is 11.3 Å². The lowest BCUT2D eigenvalue weighted by atomic mass is 10.1. The number of halogens is 3. The highest BCUT2D eigenvalue weighted by atomic mass is 35.6. The molecule has 1 heterocycles. The summed E-state index contributed by atoms with van der Waals surface area (Å²) >= 11 is 17.2. The van der Waals surface area contributed by atoms with Crippen LogP contribution in [0.5, 0.6) is 0 Å². The van der Waals surface area contributed by atoms with Crippen LogP contribution in [-0.4, -0.2) is 48.8 Å². The predicted octanol–water partition coefficient (Wildman–Crippen LogP) is 2.50. The van der Waals surface area contributed by atoms with Gasteiger partial charge in [0.1, 0.15) is 0 Å². The molecule has 116 valence electrons. The van der Waals surface area contributed by atoms with Crippen molar-refractivity contribution in [3.05, 3.63) is 42.4 Å². The maximum atomic E-state index is 12.4. The van der Waals surface area contributed by atoms with Crippen molar-refractivity contribution in [3.8, 4) is 5.69 Å². The molecule has 22 heavy (non-hydrogen) atoms. The molecular weight excluding hydrogens is 349 g/mol. The molecule has 0 aliphatic heterocycles. The van der Waals surface area contributed by atoms with E-state index in [1.807, 2.05) is 18.2 Å². The zero-order valence-electron chi connectivity index (χ0n) is 11.7. The van der Waals surface area contributed by atoms with Gasteiger partial charge in [-0.3, -0.25) is 4.79 Å². The van der Waals surface area contributed by atoms with E-state index in [1.165, 1.54) is 10.9 Å². The molecule has 0 amide bonds. The molecule has 0 saturated heterocycles. The number of carbonyl (C=O) groups excluding carboxylic acids is 1. The fraction of sp³-hybridized carbons (Fsp3) is 0.231. The number of benzene rings is 1. The Kier molecular flexibility index (Phi) is 5.05. The molecule has 9 heteroatoms. The summed E-state index contributed by atoms with van der Waals surface area (Å²) in [6.45, 7) is 0. The molecule has 0 saturated carbocycles. The SMILES string of the molecule is CN(C)/C=C(\C(=O)C(Cl)(Cl)Cl)c1nnnn1-c1ccccc1. The van der Waals surface area contributed by atoms with E-state index in [4.69, 9.17) is 34.8 Å². The van der Waals surface area contributed by atoms with Crippen molar-refractivity contribution in [2.75, 3.05) is 14.1 Å². The van der Waals surface area contributed by atoms with Gasteiger partial charge in [0.15, 0.2) is 5.82 Å². The number of carbonyl (C=O) groups is 1. The van der Waals surface area contributed by atoms with Crippen molar-refractivity contribution in [1.29, 1.82) is 0 Å². The highest BCUT2D eigenvalue weighted by molar-refractivity contribution is 6.79. The molecule has 0 atom stereocenters. The van der Waals surface area contributed by atoms with Crippen LogP contribution in [0.3, 0.4) is 0 Å². The fourth-order valence-electron chi connectivity index (χ4n) is 1.73. The Morgan fingerprint density at radius 3 is 2.41 bits per heavy atom. The molecule has 1 aromatic heterocycles. The van der Waals surface area contributed by atoms with Crippen LogP contribution >= 0.6 is 34.8 Å². The Balaban J connectivity index is 2.56. The number of alkyl halides is 3. The summed E-state index contributed by atoms with van der Waals surface area (Å²) in [7, 11) is 3.48. The van der Waals surface area contributed by atoms with Gasteiger partial charge in [0, 0.05) is 20.3 Å². The van der Waals surface area contributed by atoms with Crippen molar-refractivity contribution in [3.63, 3.8) is 0 Å². The molecule has 0 N–H and O–H groups in total. The van der Waals surface area contributed by atoms with Gasteiger partial charge in [0.05, 0.1) is 11.3 Å². The number of hydrogen-bond donors (Lipinski definition) is 0. The van der Waals surface area contributed by atoms with E-state index in [0.717, 1.165) is 0 Å². The average Bonchev–Trinajstić information content (AvgIpc) is 2.93. The number of nitrogens with zero attached hydrogens (tertiary/aromatic N) is 5. The van der Waals surface area contributed by atoms with E-state index in [0.29, 0.717) is 5.69 Å². The first-order valence-electron chi connectivity index (χ1n) is 6.14. The lowest BCUT2D eigenvalue weighted by Gasteiger charge is -2.15. The first-order chi connectivity index (χ1) is 10.3. The third-order valence-corrected chi connectivity index (χ3v) is 3.12. The van der Waals surface area contributed by atoms with Crippen molar-refractivity contribution >= 4 is 46.2 Å². The second-order valence-corrected chi connectivity index (χ2v) is 6.86.